The molecule has 2 aliphatic rings. The number of hydrogen-bond donors (Lipinski definition) is 2. The van der Waals surface area contributed by atoms with E-state index in [4.69, 9.17) is 10.5 Å². The van der Waals surface area contributed by atoms with Crippen LogP contribution < -0.4 is 16.0 Å². The van der Waals surface area contributed by atoms with E-state index in [0.29, 0.717) is 16.1 Å². The van der Waals surface area contributed by atoms with Gasteiger partial charge in [0.1, 0.15) is 5.00 Å². The van der Waals surface area contributed by atoms with Crippen molar-refractivity contribution in [3.8, 4) is 0 Å². The number of primary amides is 1. The molecule has 2 heterocycles. The number of hydrogen-bond acceptors (Lipinski definition) is 7. The lowest BCUT2D eigenvalue weighted by Crippen LogP contribution is -2.57. The zero-order valence-corrected chi connectivity index (χ0v) is 20.0. The molecular formula is C24H30N4O4S. The molecule has 4 rings (SSSR count). The number of rotatable bonds is 6. The van der Waals surface area contributed by atoms with Crippen molar-refractivity contribution in [1.82, 2.24) is 4.90 Å². The number of fused-ring (bicyclic) bond motifs is 1. The molecule has 1 fully saturated rings. The molecule has 2 aromatic rings. The highest BCUT2D eigenvalue weighted by Gasteiger charge is 2.33. The highest BCUT2D eigenvalue weighted by Crippen LogP contribution is 2.39. The van der Waals surface area contributed by atoms with E-state index < -0.39 is 5.91 Å². The lowest BCUT2D eigenvalue weighted by Gasteiger charge is -2.43. The van der Waals surface area contributed by atoms with Crippen LogP contribution in [0.2, 0.25) is 0 Å². The van der Waals surface area contributed by atoms with Crippen molar-refractivity contribution in [2.75, 3.05) is 37.0 Å². The topological polar surface area (TPSA) is 105 Å². The van der Waals surface area contributed by atoms with Gasteiger partial charge < -0.3 is 20.7 Å². The second-order valence-corrected chi connectivity index (χ2v) is 9.77. The third-order valence-electron chi connectivity index (χ3n) is 6.61. The molecule has 2 atom stereocenters. The maximum atomic E-state index is 13.1. The Kier molecular flexibility index (Phi) is 6.71. The lowest BCUT2D eigenvalue weighted by atomic mass is 10.1. The van der Waals surface area contributed by atoms with Crippen molar-refractivity contribution < 1.29 is 19.1 Å². The Labute approximate surface area is 197 Å². The quantitative estimate of drug-likeness (QED) is 0.629. The van der Waals surface area contributed by atoms with E-state index in [9.17, 15) is 14.4 Å². The molecule has 1 aromatic carbocycles. The summed E-state index contributed by atoms with van der Waals surface area (Å²) in [5.41, 5.74) is 8.68. The number of aryl methyl sites for hydroxylation is 1. The van der Waals surface area contributed by atoms with E-state index in [1.807, 2.05) is 19.1 Å². The van der Waals surface area contributed by atoms with Gasteiger partial charge >= 0.3 is 5.97 Å². The number of carbonyl (C=O) groups is 3. The number of carbonyl (C=O) groups excluding carboxylic acids is 3. The van der Waals surface area contributed by atoms with Gasteiger partial charge in [0.2, 0.25) is 5.91 Å². The molecule has 176 valence electrons. The van der Waals surface area contributed by atoms with Crippen LogP contribution >= 0.6 is 11.3 Å². The number of esters is 1. The van der Waals surface area contributed by atoms with E-state index >= 15 is 0 Å². The Bertz CT molecular complexity index is 1070. The summed E-state index contributed by atoms with van der Waals surface area (Å²) in [6.07, 6.45) is 2.81. The van der Waals surface area contributed by atoms with E-state index in [1.54, 1.807) is 12.1 Å². The molecular weight excluding hydrogens is 440 g/mol. The fourth-order valence-corrected chi connectivity index (χ4v) is 6.13. The van der Waals surface area contributed by atoms with Crippen LogP contribution in [0.25, 0.3) is 0 Å². The minimum absolute atomic E-state index is 0.125. The first kappa shape index (κ1) is 23.3. The lowest BCUT2D eigenvalue weighted by molar-refractivity contribution is -0.121. The molecule has 0 radical (unpaired) electrons. The Hall–Kier alpha value is -2.91. The largest absolute Gasteiger partial charge is 0.465 e. The Balaban J connectivity index is 1.40. The average molecular weight is 471 g/mol. The first-order valence-electron chi connectivity index (χ1n) is 11.2. The van der Waals surface area contributed by atoms with E-state index in [1.165, 1.54) is 18.4 Å². The second kappa shape index (κ2) is 9.52. The third-order valence-corrected chi connectivity index (χ3v) is 7.82. The molecule has 1 aliphatic carbocycles. The zero-order valence-electron chi connectivity index (χ0n) is 19.2. The molecule has 1 aromatic heterocycles. The number of nitrogens with one attached hydrogen (secondary N) is 1. The van der Waals surface area contributed by atoms with Crippen molar-refractivity contribution in [2.45, 2.75) is 45.2 Å². The van der Waals surface area contributed by atoms with Gasteiger partial charge in [0.15, 0.2) is 0 Å². The number of nitrogens with zero attached hydrogens (tertiary/aromatic N) is 2. The van der Waals surface area contributed by atoms with Crippen LogP contribution in [-0.4, -0.2) is 61.5 Å². The van der Waals surface area contributed by atoms with Gasteiger partial charge in [-0.2, -0.15) is 0 Å². The van der Waals surface area contributed by atoms with Crippen molar-refractivity contribution in [3.05, 3.63) is 45.8 Å². The van der Waals surface area contributed by atoms with E-state index in [2.05, 4.69) is 22.0 Å². The average Bonchev–Trinajstić information content (AvgIpc) is 3.38. The van der Waals surface area contributed by atoms with Crippen LogP contribution in [0, 0.1) is 0 Å². The molecule has 9 heteroatoms. The minimum Gasteiger partial charge on any atom is -0.465 e. The number of piperazine rings is 1. The minimum atomic E-state index is -0.474. The summed E-state index contributed by atoms with van der Waals surface area (Å²) in [6.45, 7) is 6.25. The number of anilines is 2. The number of benzene rings is 1. The number of ether oxygens (including phenoxy) is 1. The monoisotopic (exact) mass is 470 g/mol. The van der Waals surface area contributed by atoms with Gasteiger partial charge in [-0.15, -0.1) is 11.3 Å². The van der Waals surface area contributed by atoms with Gasteiger partial charge in [-0.1, -0.05) is 0 Å². The summed E-state index contributed by atoms with van der Waals surface area (Å²) in [4.78, 5) is 42.4. The van der Waals surface area contributed by atoms with E-state index in [0.717, 1.165) is 55.0 Å². The van der Waals surface area contributed by atoms with Crippen molar-refractivity contribution >= 4 is 39.8 Å². The molecule has 2 unspecified atom stereocenters. The SMILES string of the molecule is COC(=O)c1ccc(N2CCN(C(C)C(=O)Nc3sc4c(c3C(N)=O)CCC4)C(C)C2)cc1. The predicted molar refractivity (Wildman–Crippen MR) is 129 cm³/mol. The van der Waals surface area contributed by atoms with Gasteiger partial charge in [-0.05, 0) is 62.9 Å². The van der Waals surface area contributed by atoms with Gasteiger partial charge in [-0.3, -0.25) is 14.5 Å². The third kappa shape index (κ3) is 4.60. The number of thiophene rings is 1. The molecule has 33 heavy (non-hydrogen) atoms. The van der Waals surface area contributed by atoms with E-state index in [-0.39, 0.29) is 24.0 Å². The fourth-order valence-electron chi connectivity index (χ4n) is 4.83. The summed E-state index contributed by atoms with van der Waals surface area (Å²) >= 11 is 1.48. The first-order chi connectivity index (χ1) is 15.8. The van der Waals surface area contributed by atoms with Gasteiger partial charge in [0.05, 0.1) is 24.3 Å². The molecule has 2 amide bonds. The summed E-state index contributed by atoms with van der Waals surface area (Å²) in [6, 6.07) is 7.18. The number of methoxy groups -OCH3 is 1. The van der Waals surface area contributed by atoms with Crippen LogP contribution in [0.3, 0.4) is 0 Å². The van der Waals surface area contributed by atoms with Gasteiger partial charge in [-0.25, -0.2) is 4.79 Å². The fraction of sp³-hybridized carbons (Fsp3) is 0.458. The van der Waals surface area contributed by atoms with Crippen molar-refractivity contribution in [2.24, 2.45) is 5.73 Å². The zero-order chi connectivity index (χ0) is 23.7. The van der Waals surface area contributed by atoms with Crippen LogP contribution in [0.4, 0.5) is 10.7 Å². The number of amides is 2. The van der Waals surface area contributed by atoms with Crippen LogP contribution in [-0.2, 0) is 22.4 Å². The molecule has 3 N–H and O–H groups in total. The highest BCUT2D eigenvalue weighted by molar-refractivity contribution is 7.17. The molecule has 1 saturated heterocycles. The summed E-state index contributed by atoms with van der Waals surface area (Å²) in [7, 11) is 1.37. The first-order valence-corrected chi connectivity index (χ1v) is 12.1. The van der Waals surface area contributed by atoms with Crippen LogP contribution in [0.1, 0.15) is 51.4 Å². The van der Waals surface area contributed by atoms with Gasteiger partial charge in [0, 0.05) is 36.2 Å². The Morgan fingerprint density at radius 2 is 1.91 bits per heavy atom. The smallest absolute Gasteiger partial charge is 0.337 e. The Morgan fingerprint density at radius 1 is 1.18 bits per heavy atom. The highest BCUT2D eigenvalue weighted by atomic mass is 32.1. The molecule has 0 bridgehead atoms. The Morgan fingerprint density at radius 3 is 2.55 bits per heavy atom. The summed E-state index contributed by atoms with van der Waals surface area (Å²) in [5, 5.41) is 3.57. The summed E-state index contributed by atoms with van der Waals surface area (Å²) in [5.74, 6) is -0.951. The van der Waals surface area contributed by atoms with Crippen LogP contribution in [0.15, 0.2) is 24.3 Å². The molecule has 0 spiro atoms. The standard InChI is InChI=1S/C24H30N4O4S/c1-14-13-27(17-9-7-16(8-10-17)24(31)32-3)11-12-28(14)15(2)22(30)26-23-20(21(25)29)18-5-4-6-19(18)33-23/h7-10,14-15H,4-6,11-13H2,1-3H3,(H2,25,29)(H,26,30). The van der Waals surface area contributed by atoms with Gasteiger partial charge in [0.25, 0.3) is 5.91 Å². The predicted octanol–water partition coefficient (Wildman–Crippen LogP) is 2.66. The van der Waals surface area contributed by atoms with Crippen molar-refractivity contribution in [3.63, 3.8) is 0 Å². The molecule has 8 nitrogen and oxygen atoms in total. The van der Waals surface area contributed by atoms with Crippen LogP contribution in [0.5, 0.6) is 0 Å². The van der Waals surface area contributed by atoms with Crippen molar-refractivity contribution in [1.29, 1.82) is 0 Å². The number of nitrogens with two attached hydrogens (primary N) is 1. The second-order valence-electron chi connectivity index (χ2n) is 8.66. The molecule has 1 aliphatic heterocycles. The molecule has 0 saturated carbocycles. The summed E-state index contributed by atoms with van der Waals surface area (Å²) < 4.78 is 4.76. The maximum Gasteiger partial charge on any atom is 0.337 e. The maximum absolute atomic E-state index is 13.1. The normalized spacial score (nSPS) is 19.1.